The SMILES string of the molecule is Cn1ncc(C(=O)NC(CC(F)F)C(=O)O)c1-c1ccccc1. The maximum Gasteiger partial charge on any atom is 0.326 e. The van der Waals surface area contributed by atoms with Crippen molar-refractivity contribution in [2.24, 2.45) is 7.05 Å². The summed E-state index contributed by atoms with van der Waals surface area (Å²) in [5, 5.41) is 15.0. The minimum absolute atomic E-state index is 0.124. The van der Waals surface area contributed by atoms with E-state index in [4.69, 9.17) is 5.11 Å². The van der Waals surface area contributed by atoms with Gasteiger partial charge in [0.15, 0.2) is 0 Å². The third kappa shape index (κ3) is 3.91. The summed E-state index contributed by atoms with van der Waals surface area (Å²) in [5.74, 6) is -2.27. The Bertz CT molecular complexity index is 701. The number of amides is 1. The highest BCUT2D eigenvalue weighted by atomic mass is 19.3. The van der Waals surface area contributed by atoms with E-state index in [9.17, 15) is 18.4 Å². The Kier molecular flexibility index (Phi) is 5.05. The van der Waals surface area contributed by atoms with Crippen LogP contribution in [0.25, 0.3) is 11.3 Å². The molecule has 1 unspecified atom stereocenters. The highest BCUT2D eigenvalue weighted by Gasteiger charge is 2.26. The molecule has 2 rings (SSSR count). The number of nitrogens with one attached hydrogen (secondary N) is 1. The van der Waals surface area contributed by atoms with Crippen LogP contribution in [0.4, 0.5) is 8.78 Å². The molecule has 1 aromatic heterocycles. The molecule has 0 bridgehead atoms. The van der Waals surface area contributed by atoms with Gasteiger partial charge in [0.25, 0.3) is 5.91 Å². The normalized spacial score (nSPS) is 12.2. The van der Waals surface area contributed by atoms with E-state index in [2.05, 4.69) is 10.4 Å². The highest BCUT2D eigenvalue weighted by Crippen LogP contribution is 2.23. The molecule has 0 saturated carbocycles. The van der Waals surface area contributed by atoms with Crippen LogP contribution < -0.4 is 5.32 Å². The van der Waals surface area contributed by atoms with Crippen molar-refractivity contribution in [2.75, 3.05) is 0 Å². The molecule has 0 saturated heterocycles. The molecule has 1 aromatic carbocycles. The second-order valence-corrected chi connectivity index (χ2v) is 4.89. The molecule has 122 valence electrons. The molecule has 6 nitrogen and oxygen atoms in total. The molecule has 0 spiro atoms. The lowest BCUT2D eigenvalue weighted by atomic mass is 10.1. The summed E-state index contributed by atoms with van der Waals surface area (Å²) >= 11 is 0. The average molecular weight is 323 g/mol. The van der Waals surface area contributed by atoms with Gasteiger partial charge < -0.3 is 10.4 Å². The molecule has 2 aromatic rings. The zero-order valence-corrected chi connectivity index (χ0v) is 12.2. The monoisotopic (exact) mass is 323 g/mol. The molecule has 0 fully saturated rings. The second kappa shape index (κ2) is 6.99. The first-order chi connectivity index (χ1) is 10.9. The van der Waals surface area contributed by atoms with Gasteiger partial charge in [-0.2, -0.15) is 5.10 Å². The van der Waals surface area contributed by atoms with Crippen molar-refractivity contribution in [3.8, 4) is 11.3 Å². The van der Waals surface area contributed by atoms with Crippen LogP contribution in [0.1, 0.15) is 16.8 Å². The van der Waals surface area contributed by atoms with Gasteiger partial charge in [-0.05, 0) is 0 Å². The first-order valence-electron chi connectivity index (χ1n) is 6.79. The largest absolute Gasteiger partial charge is 0.480 e. The second-order valence-electron chi connectivity index (χ2n) is 4.89. The van der Waals surface area contributed by atoms with Gasteiger partial charge >= 0.3 is 5.97 Å². The zero-order chi connectivity index (χ0) is 17.0. The van der Waals surface area contributed by atoms with Crippen molar-refractivity contribution in [3.63, 3.8) is 0 Å². The Morgan fingerprint density at radius 3 is 2.52 bits per heavy atom. The summed E-state index contributed by atoms with van der Waals surface area (Å²) in [6.45, 7) is 0. The first kappa shape index (κ1) is 16.6. The van der Waals surface area contributed by atoms with Gasteiger partial charge in [-0.25, -0.2) is 13.6 Å². The summed E-state index contributed by atoms with van der Waals surface area (Å²) in [4.78, 5) is 23.3. The number of carbonyl (C=O) groups excluding carboxylic acids is 1. The van der Waals surface area contributed by atoms with Crippen molar-refractivity contribution in [1.29, 1.82) is 0 Å². The number of benzene rings is 1. The predicted molar refractivity (Wildman–Crippen MR) is 78.2 cm³/mol. The quantitative estimate of drug-likeness (QED) is 0.851. The minimum atomic E-state index is -2.83. The van der Waals surface area contributed by atoms with Crippen LogP contribution in [0, 0.1) is 0 Å². The maximum atomic E-state index is 12.4. The summed E-state index contributed by atoms with van der Waals surface area (Å²) in [7, 11) is 1.63. The minimum Gasteiger partial charge on any atom is -0.480 e. The van der Waals surface area contributed by atoms with Crippen LogP contribution in [-0.2, 0) is 11.8 Å². The molecule has 0 aliphatic heterocycles. The van der Waals surface area contributed by atoms with E-state index >= 15 is 0 Å². The van der Waals surface area contributed by atoms with Crippen molar-refractivity contribution in [1.82, 2.24) is 15.1 Å². The number of aliphatic carboxylic acids is 1. The van der Waals surface area contributed by atoms with Crippen LogP contribution in [0.5, 0.6) is 0 Å². The standard InChI is InChI=1S/C15H15F2N3O3/c1-20-13(9-5-3-2-4-6-9)10(8-18-20)14(21)19-11(15(22)23)7-12(16)17/h2-6,8,11-12H,7H2,1H3,(H,19,21)(H,22,23). The van der Waals surface area contributed by atoms with E-state index in [1.165, 1.54) is 10.9 Å². The molecule has 1 atom stereocenters. The number of halogens is 2. The molecular formula is C15H15F2N3O3. The lowest BCUT2D eigenvalue weighted by Crippen LogP contribution is -2.42. The number of aryl methyl sites for hydroxylation is 1. The van der Waals surface area contributed by atoms with Gasteiger partial charge in [0.1, 0.15) is 6.04 Å². The van der Waals surface area contributed by atoms with E-state index in [-0.39, 0.29) is 5.56 Å². The van der Waals surface area contributed by atoms with Crippen LogP contribution in [-0.4, -0.2) is 39.2 Å². The number of nitrogens with zero attached hydrogens (tertiary/aromatic N) is 2. The molecule has 1 heterocycles. The average Bonchev–Trinajstić information content (AvgIpc) is 2.88. The van der Waals surface area contributed by atoms with Crippen molar-refractivity contribution in [3.05, 3.63) is 42.1 Å². The first-order valence-corrected chi connectivity index (χ1v) is 6.79. The van der Waals surface area contributed by atoms with Crippen LogP contribution in [0.2, 0.25) is 0 Å². The summed E-state index contributed by atoms with van der Waals surface area (Å²) in [6.07, 6.45) is -2.51. The van der Waals surface area contributed by atoms with E-state index in [1.807, 2.05) is 6.07 Å². The summed E-state index contributed by atoms with van der Waals surface area (Å²) in [6, 6.07) is 7.24. The fourth-order valence-electron chi connectivity index (χ4n) is 2.18. The fraction of sp³-hybridized carbons (Fsp3) is 0.267. The van der Waals surface area contributed by atoms with Gasteiger partial charge in [-0.15, -0.1) is 0 Å². The molecule has 0 aliphatic carbocycles. The number of carboxylic acids is 1. The van der Waals surface area contributed by atoms with Gasteiger partial charge in [-0.1, -0.05) is 30.3 Å². The number of hydrogen-bond donors (Lipinski definition) is 2. The van der Waals surface area contributed by atoms with Gasteiger partial charge in [0.2, 0.25) is 6.43 Å². The van der Waals surface area contributed by atoms with E-state index in [0.29, 0.717) is 11.3 Å². The third-order valence-corrected chi connectivity index (χ3v) is 3.25. The van der Waals surface area contributed by atoms with E-state index in [0.717, 1.165) is 0 Å². The number of rotatable bonds is 6. The van der Waals surface area contributed by atoms with Crippen molar-refractivity contribution in [2.45, 2.75) is 18.9 Å². The Hall–Kier alpha value is -2.77. The molecule has 1 amide bonds. The Balaban J connectivity index is 2.28. The van der Waals surface area contributed by atoms with E-state index < -0.39 is 30.8 Å². The topological polar surface area (TPSA) is 84.2 Å². The maximum absolute atomic E-state index is 12.4. The Morgan fingerprint density at radius 1 is 1.30 bits per heavy atom. The van der Waals surface area contributed by atoms with Crippen LogP contribution in [0.3, 0.4) is 0 Å². The van der Waals surface area contributed by atoms with Gasteiger partial charge in [0, 0.05) is 19.0 Å². The van der Waals surface area contributed by atoms with Gasteiger partial charge in [0.05, 0.1) is 17.5 Å². The van der Waals surface area contributed by atoms with Crippen molar-refractivity contribution >= 4 is 11.9 Å². The Labute approximate surface area is 130 Å². The number of aromatic nitrogens is 2. The highest BCUT2D eigenvalue weighted by molar-refractivity contribution is 6.01. The smallest absolute Gasteiger partial charge is 0.326 e. The van der Waals surface area contributed by atoms with Crippen LogP contribution in [0.15, 0.2) is 36.5 Å². The van der Waals surface area contributed by atoms with Gasteiger partial charge in [-0.3, -0.25) is 9.48 Å². The third-order valence-electron chi connectivity index (χ3n) is 3.25. The number of hydrogen-bond acceptors (Lipinski definition) is 3. The Morgan fingerprint density at radius 2 is 1.96 bits per heavy atom. The fourth-order valence-corrected chi connectivity index (χ4v) is 2.18. The predicted octanol–water partition coefficient (Wildman–Crippen LogP) is 1.93. The lowest BCUT2D eigenvalue weighted by molar-refractivity contribution is -0.140. The number of carbonyl (C=O) groups is 2. The summed E-state index contributed by atoms with van der Waals surface area (Å²) < 4.78 is 26.3. The molecule has 0 radical (unpaired) electrons. The van der Waals surface area contributed by atoms with Crippen molar-refractivity contribution < 1.29 is 23.5 Å². The zero-order valence-electron chi connectivity index (χ0n) is 12.2. The van der Waals surface area contributed by atoms with E-state index in [1.54, 1.807) is 31.3 Å². The number of carboxylic acid groups (broad SMARTS) is 1. The number of alkyl halides is 2. The lowest BCUT2D eigenvalue weighted by Gasteiger charge is -2.14. The molecule has 23 heavy (non-hydrogen) atoms. The van der Waals surface area contributed by atoms with Crippen LogP contribution >= 0.6 is 0 Å². The molecule has 8 heteroatoms. The molecule has 0 aliphatic rings. The summed E-state index contributed by atoms with van der Waals surface area (Å²) in [5.41, 5.74) is 1.31. The molecular weight excluding hydrogens is 308 g/mol. The molecule has 2 N–H and O–H groups in total.